The van der Waals surface area contributed by atoms with Gasteiger partial charge in [0.1, 0.15) is 5.75 Å². The summed E-state index contributed by atoms with van der Waals surface area (Å²) in [5.74, 6) is 1.78. The summed E-state index contributed by atoms with van der Waals surface area (Å²) in [5.41, 5.74) is -0.991. The van der Waals surface area contributed by atoms with Gasteiger partial charge in [-0.05, 0) is 38.1 Å². The van der Waals surface area contributed by atoms with Gasteiger partial charge in [-0.25, -0.2) is 8.42 Å². The molecule has 0 heterocycles. The maximum absolute atomic E-state index is 12.1. The SMILES string of the molecule is C#CC(C)(C)NS(=O)(=O)c1ccc(OCCC(=O)O)cc1. The highest BCUT2D eigenvalue weighted by Crippen LogP contribution is 2.17. The van der Waals surface area contributed by atoms with Gasteiger partial charge in [-0.15, -0.1) is 6.42 Å². The molecule has 0 amide bonds. The topological polar surface area (TPSA) is 92.7 Å². The second-order valence-corrected chi connectivity index (χ2v) is 6.52. The number of benzene rings is 1. The highest BCUT2D eigenvalue weighted by Gasteiger charge is 2.24. The van der Waals surface area contributed by atoms with Crippen LogP contribution in [0.15, 0.2) is 29.2 Å². The Morgan fingerprint density at radius 3 is 2.43 bits per heavy atom. The van der Waals surface area contributed by atoms with Gasteiger partial charge in [-0.2, -0.15) is 4.72 Å². The van der Waals surface area contributed by atoms with Crippen LogP contribution >= 0.6 is 0 Å². The highest BCUT2D eigenvalue weighted by atomic mass is 32.2. The van der Waals surface area contributed by atoms with E-state index in [1.54, 1.807) is 13.8 Å². The average Bonchev–Trinajstić information content (AvgIpc) is 2.38. The minimum Gasteiger partial charge on any atom is -0.493 e. The summed E-state index contributed by atoms with van der Waals surface area (Å²) in [4.78, 5) is 10.4. The van der Waals surface area contributed by atoms with Crippen LogP contribution < -0.4 is 9.46 Å². The Kier molecular flexibility index (Phi) is 5.35. The van der Waals surface area contributed by atoms with E-state index >= 15 is 0 Å². The predicted molar refractivity (Wildman–Crippen MR) is 77.4 cm³/mol. The summed E-state index contributed by atoms with van der Waals surface area (Å²) in [6, 6.07) is 5.65. The third-order valence-electron chi connectivity index (χ3n) is 2.47. The van der Waals surface area contributed by atoms with E-state index in [1.165, 1.54) is 24.3 Å². The lowest BCUT2D eigenvalue weighted by Crippen LogP contribution is -2.41. The first-order valence-electron chi connectivity index (χ1n) is 6.13. The molecule has 1 rings (SSSR count). The molecule has 0 spiro atoms. The Morgan fingerprint density at radius 2 is 1.95 bits per heavy atom. The molecule has 6 nitrogen and oxygen atoms in total. The van der Waals surface area contributed by atoms with Crippen molar-refractivity contribution in [1.82, 2.24) is 4.72 Å². The van der Waals surface area contributed by atoms with Crippen molar-refractivity contribution in [2.45, 2.75) is 30.7 Å². The Balaban J connectivity index is 2.78. The van der Waals surface area contributed by atoms with Crippen molar-refractivity contribution in [3.05, 3.63) is 24.3 Å². The van der Waals surface area contributed by atoms with Crippen LogP contribution in [0, 0.1) is 12.3 Å². The molecule has 7 heteroatoms. The zero-order valence-electron chi connectivity index (χ0n) is 11.8. The molecule has 0 aromatic heterocycles. The summed E-state index contributed by atoms with van der Waals surface area (Å²) in [6.45, 7) is 3.17. The maximum Gasteiger partial charge on any atom is 0.306 e. The van der Waals surface area contributed by atoms with E-state index in [9.17, 15) is 13.2 Å². The van der Waals surface area contributed by atoms with Gasteiger partial charge < -0.3 is 9.84 Å². The van der Waals surface area contributed by atoms with E-state index in [-0.39, 0.29) is 17.9 Å². The molecule has 0 saturated carbocycles. The second-order valence-electron chi connectivity index (χ2n) is 4.84. The summed E-state index contributed by atoms with van der Waals surface area (Å²) < 4.78 is 31.8. The van der Waals surface area contributed by atoms with Crippen molar-refractivity contribution in [3.8, 4) is 18.1 Å². The molecule has 1 aromatic carbocycles. The van der Waals surface area contributed by atoms with Crippen LogP contribution in [0.2, 0.25) is 0 Å². The molecule has 0 saturated heterocycles. The number of hydrogen-bond acceptors (Lipinski definition) is 4. The molecular weight excluding hydrogens is 294 g/mol. The van der Waals surface area contributed by atoms with Crippen LogP contribution in [0.3, 0.4) is 0 Å². The molecule has 0 fully saturated rings. The first-order chi connectivity index (χ1) is 9.66. The van der Waals surface area contributed by atoms with E-state index in [1.807, 2.05) is 0 Å². The minimum absolute atomic E-state index is 0.0177. The summed E-state index contributed by atoms with van der Waals surface area (Å²) in [6.07, 6.45) is 5.12. The van der Waals surface area contributed by atoms with E-state index in [0.717, 1.165) is 0 Å². The van der Waals surface area contributed by atoms with Gasteiger partial charge in [0.15, 0.2) is 0 Å². The number of terminal acetylenes is 1. The summed E-state index contributed by atoms with van der Waals surface area (Å²) >= 11 is 0. The lowest BCUT2D eigenvalue weighted by molar-refractivity contribution is -0.137. The largest absolute Gasteiger partial charge is 0.493 e. The molecule has 0 aliphatic heterocycles. The quantitative estimate of drug-likeness (QED) is 0.739. The van der Waals surface area contributed by atoms with Crippen molar-refractivity contribution in [2.24, 2.45) is 0 Å². The number of sulfonamides is 1. The third kappa shape index (κ3) is 5.45. The van der Waals surface area contributed by atoms with Crippen molar-refractivity contribution in [1.29, 1.82) is 0 Å². The molecule has 2 N–H and O–H groups in total. The molecule has 0 radical (unpaired) electrons. The number of rotatable bonds is 7. The minimum atomic E-state index is -3.72. The fraction of sp³-hybridized carbons (Fsp3) is 0.357. The standard InChI is InChI=1S/C14H17NO5S/c1-4-14(2,3)15-21(18,19)12-7-5-11(6-8-12)20-10-9-13(16)17/h1,5-8,15H,9-10H2,2-3H3,(H,16,17). The molecule has 0 bridgehead atoms. The smallest absolute Gasteiger partial charge is 0.306 e. The molecule has 0 atom stereocenters. The van der Waals surface area contributed by atoms with E-state index in [2.05, 4.69) is 10.6 Å². The van der Waals surface area contributed by atoms with Crippen LogP contribution in [0.1, 0.15) is 20.3 Å². The van der Waals surface area contributed by atoms with Crippen molar-refractivity contribution in [2.75, 3.05) is 6.61 Å². The Hall–Kier alpha value is -2.04. The van der Waals surface area contributed by atoms with Crippen LogP contribution in [-0.2, 0) is 14.8 Å². The monoisotopic (exact) mass is 311 g/mol. The normalized spacial score (nSPS) is 11.7. The van der Waals surface area contributed by atoms with E-state index in [0.29, 0.717) is 5.75 Å². The molecule has 114 valence electrons. The van der Waals surface area contributed by atoms with Gasteiger partial charge in [0.25, 0.3) is 0 Å². The molecule has 0 aliphatic rings. The summed E-state index contributed by atoms with van der Waals surface area (Å²) in [7, 11) is -3.72. The van der Waals surface area contributed by atoms with Gasteiger partial charge >= 0.3 is 5.97 Å². The zero-order valence-corrected chi connectivity index (χ0v) is 12.6. The summed E-state index contributed by atoms with van der Waals surface area (Å²) in [5, 5.41) is 8.49. The lowest BCUT2D eigenvalue weighted by atomic mass is 10.1. The first kappa shape index (κ1) is 17.0. The fourth-order valence-corrected chi connectivity index (χ4v) is 2.74. The number of carbonyl (C=O) groups is 1. The van der Waals surface area contributed by atoms with Crippen molar-refractivity contribution >= 4 is 16.0 Å². The van der Waals surface area contributed by atoms with Crippen molar-refractivity contribution in [3.63, 3.8) is 0 Å². The van der Waals surface area contributed by atoms with E-state index in [4.69, 9.17) is 16.3 Å². The Labute approximate surface area is 124 Å². The highest BCUT2D eigenvalue weighted by molar-refractivity contribution is 7.89. The molecule has 1 aromatic rings. The van der Waals surface area contributed by atoms with Gasteiger partial charge in [-0.1, -0.05) is 5.92 Å². The number of hydrogen-bond donors (Lipinski definition) is 2. The number of aliphatic carboxylic acids is 1. The van der Waals surface area contributed by atoms with Gasteiger partial charge in [0, 0.05) is 0 Å². The number of carboxylic acid groups (broad SMARTS) is 1. The third-order valence-corrected chi connectivity index (χ3v) is 4.14. The van der Waals surface area contributed by atoms with Crippen LogP contribution in [-0.4, -0.2) is 31.6 Å². The van der Waals surface area contributed by atoms with Crippen LogP contribution in [0.5, 0.6) is 5.75 Å². The lowest BCUT2D eigenvalue weighted by Gasteiger charge is -2.19. The number of carboxylic acids is 1. The van der Waals surface area contributed by atoms with Crippen LogP contribution in [0.4, 0.5) is 0 Å². The van der Waals surface area contributed by atoms with Gasteiger partial charge in [-0.3, -0.25) is 4.79 Å². The average molecular weight is 311 g/mol. The van der Waals surface area contributed by atoms with Crippen molar-refractivity contribution < 1.29 is 23.1 Å². The number of ether oxygens (including phenoxy) is 1. The molecule has 21 heavy (non-hydrogen) atoms. The molecule has 0 unspecified atom stereocenters. The zero-order chi connectivity index (χ0) is 16.1. The predicted octanol–water partition coefficient (Wildman–Crippen LogP) is 1.23. The molecule has 0 aliphatic carbocycles. The second kappa shape index (κ2) is 6.61. The maximum atomic E-state index is 12.1. The van der Waals surface area contributed by atoms with E-state index < -0.39 is 21.5 Å². The van der Waals surface area contributed by atoms with Crippen LogP contribution in [0.25, 0.3) is 0 Å². The van der Waals surface area contributed by atoms with Gasteiger partial charge in [0.2, 0.25) is 10.0 Å². The number of nitrogens with one attached hydrogen (secondary N) is 1. The fourth-order valence-electron chi connectivity index (χ4n) is 1.40. The molecular formula is C14H17NO5S. The Morgan fingerprint density at radius 1 is 1.38 bits per heavy atom. The first-order valence-corrected chi connectivity index (χ1v) is 7.61. The van der Waals surface area contributed by atoms with Gasteiger partial charge in [0.05, 0.1) is 23.5 Å². The Bertz CT molecular complexity index is 641.